The number of hydrogen-bond donors (Lipinski definition) is 0. The van der Waals surface area contributed by atoms with E-state index in [1.165, 1.54) is 22.0 Å². The molecular weight excluding hydrogens is 416 g/mol. The van der Waals surface area contributed by atoms with E-state index in [1.807, 2.05) is 12.1 Å². The van der Waals surface area contributed by atoms with Crippen molar-refractivity contribution in [1.82, 2.24) is 4.57 Å². The fraction of sp³-hybridized carbons (Fsp3) is 0.174. The van der Waals surface area contributed by atoms with E-state index >= 15 is 0 Å². The van der Waals surface area contributed by atoms with E-state index < -0.39 is 12.0 Å². The number of furan rings is 1. The Hall–Kier alpha value is -3.65. The van der Waals surface area contributed by atoms with Crippen LogP contribution >= 0.6 is 11.3 Å². The predicted octanol–water partition coefficient (Wildman–Crippen LogP) is 2.57. The second kappa shape index (κ2) is 8.61. The quantitative estimate of drug-likeness (QED) is 0.438. The van der Waals surface area contributed by atoms with Crippen molar-refractivity contribution in [3.63, 3.8) is 0 Å². The fourth-order valence-electron chi connectivity index (χ4n) is 3.40. The number of allylic oxidation sites excluding steroid dienone is 1. The third-order valence-corrected chi connectivity index (χ3v) is 5.80. The molecule has 0 amide bonds. The lowest BCUT2D eigenvalue weighted by molar-refractivity contribution is -0.138. The number of methoxy groups -OCH3 is 1. The van der Waals surface area contributed by atoms with E-state index in [0.29, 0.717) is 32.1 Å². The average Bonchev–Trinajstić information content (AvgIpc) is 3.39. The van der Waals surface area contributed by atoms with Crippen molar-refractivity contribution in [3.05, 3.63) is 97.6 Å². The van der Waals surface area contributed by atoms with Gasteiger partial charge in [-0.3, -0.25) is 9.36 Å². The number of rotatable bonds is 6. The van der Waals surface area contributed by atoms with Crippen molar-refractivity contribution in [3.8, 4) is 5.75 Å². The minimum atomic E-state index is -0.682. The molecule has 2 aromatic heterocycles. The second-order valence-corrected chi connectivity index (χ2v) is 7.77. The van der Waals surface area contributed by atoms with E-state index in [0.717, 1.165) is 5.56 Å². The maximum Gasteiger partial charge on any atom is 0.338 e. The summed E-state index contributed by atoms with van der Waals surface area (Å²) >= 11 is 1.24. The Morgan fingerprint density at radius 1 is 1.32 bits per heavy atom. The first-order chi connectivity index (χ1) is 15.0. The smallest absolute Gasteiger partial charge is 0.338 e. The van der Waals surface area contributed by atoms with Crippen LogP contribution in [0.2, 0.25) is 0 Å². The van der Waals surface area contributed by atoms with Gasteiger partial charge in [-0.2, -0.15) is 0 Å². The van der Waals surface area contributed by atoms with Crippen LogP contribution in [0, 0.1) is 0 Å². The summed E-state index contributed by atoms with van der Waals surface area (Å²) in [6, 6.07) is 10.1. The minimum Gasteiger partial charge on any atom is -0.497 e. The number of ether oxygens (including phenoxy) is 2. The Morgan fingerprint density at radius 3 is 2.74 bits per heavy atom. The zero-order chi connectivity index (χ0) is 22.0. The normalized spacial score (nSPS) is 15.9. The molecule has 3 heterocycles. The van der Waals surface area contributed by atoms with Crippen molar-refractivity contribution >= 4 is 23.4 Å². The van der Waals surface area contributed by atoms with Gasteiger partial charge >= 0.3 is 5.97 Å². The van der Waals surface area contributed by atoms with Gasteiger partial charge in [-0.15, -0.1) is 0 Å². The lowest BCUT2D eigenvalue weighted by atomic mass is 9.96. The van der Waals surface area contributed by atoms with E-state index in [4.69, 9.17) is 13.9 Å². The summed E-state index contributed by atoms with van der Waals surface area (Å²) in [4.78, 5) is 31.3. The van der Waals surface area contributed by atoms with Gasteiger partial charge in [0, 0.05) is 6.08 Å². The van der Waals surface area contributed by atoms with Crippen molar-refractivity contribution in [1.29, 1.82) is 0 Å². The summed E-state index contributed by atoms with van der Waals surface area (Å²) < 4.78 is 17.9. The van der Waals surface area contributed by atoms with Crippen LogP contribution in [0.25, 0.3) is 6.08 Å². The Balaban J connectivity index is 1.93. The SMILES string of the molecule is C=CCOC(=O)C1=C(C)N=c2sc(=Cc3ccco3)c(=O)n2C1c1ccc(OC)cc1. The Morgan fingerprint density at radius 2 is 2.10 bits per heavy atom. The van der Waals surface area contributed by atoms with Crippen LogP contribution in [-0.2, 0) is 9.53 Å². The van der Waals surface area contributed by atoms with Gasteiger partial charge in [0.05, 0.1) is 35.2 Å². The summed E-state index contributed by atoms with van der Waals surface area (Å²) in [6.45, 7) is 5.39. The highest BCUT2D eigenvalue weighted by atomic mass is 32.1. The molecule has 1 aliphatic heterocycles. The number of aromatic nitrogens is 1. The molecule has 7 nitrogen and oxygen atoms in total. The fourth-order valence-corrected chi connectivity index (χ4v) is 4.43. The third-order valence-electron chi connectivity index (χ3n) is 4.82. The number of nitrogens with zero attached hydrogens (tertiary/aromatic N) is 2. The molecule has 0 saturated carbocycles. The Labute approximate surface area is 181 Å². The van der Waals surface area contributed by atoms with Gasteiger partial charge in [0.2, 0.25) is 0 Å². The monoisotopic (exact) mass is 436 g/mol. The average molecular weight is 436 g/mol. The Kier molecular flexibility index (Phi) is 5.73. The molecule has 0 N–H and O–H groups in total. The van der Waals surface area contributed by atoms with Crippen molar-refractivity contribution < 1.29 is 18.7 Å². The first kappa shape index (κ1) is 20.6. The molecule has 0 bridgehead atoms. The molecule has 0 fully saturated rings. The molecule has 1 unspecified atom stereocenters. The summed E-state index contributed by atoms with van der Waals surface area (Å²) in [5.74, 6) is 0.695. The zero-order valence-corrected chi connectivity index (χ0v) is 17.8. The van der Waals surface area contributed by atoms with E-state index in [2.05, 4.69) is 11.6 Å². The largest absolute Gasteiger partial charge is 0.497 e. The van der Waals surface area contributed by atoms with Gasteiger partial charge in [0.1, 0.15) is 18.1 Å². The number of hydrogen-bond acceptors (Lipinski definition) is 7. The number of carbonyl (C=O) groups excluding carboxylic acids is 1. The van der Waals surface area contributed by atoms with E-state index in [1.54, 1.807) is 50.6 Å². The minimum absolute atomic E-state index is 0.0634. The molecule has 0 radical (unpaired) electrons. The van der Waals surface area contributed by atoms with E-state index in [-0.39, 0.29) is 12.2 Å². The van der Waals surface area contributed by atoms with Crippen molar-refractivity contribution in [2.75, 3.05) is 13.7 Å². The highest BCUT2D eigenvalue weighted by Crippen LogP contribution is 2.31. The molecule has 3 aromatic rings. The topological polar surface area (TPSA) is 83.0 Å². The summed E-state index contributed by atoms with van der Waals surface area (Å²) in [5, 5.41) is 0. The van der Waals surface area contributed by atoms with Crippen molar-refractivity contribution in [2.45, 2.75) is 13.0 Å². The molecule has 1 aromatic carbocycles. The predicted molar refractivity (Wildman–Crippen MR) is 117 cm³/mol. The van der Waals surface area contributed by atoms with Gasteiger partial charge < -0.3 is 13.9 Å². The molecule has 1 atom stereocenters. The summed E-state index contributed by atoms with van der Waals surface area (Å²) in [7, 11) is 1.58. The first-order valence-electron chi connectivity index (χ1n) is 9.51. The van der Waals surface area contributed by atoms with Gasteiger partial charge in [-0.1, -0.05) is 36.1 Å². The van der Waals surface area contributed by atoms with Crippen LogP contribution in [0.4, 0.5) is 0 Å². The molecule has 8 heteroatoms. The number of carbonyl (C=O) groups is 1. The van der Waals surface area contributed by atoms with Crippen molar-refractivity contribution in [2.24, 2.45) is 4.99 Å². The summed E-state index contributed by atoms with van der Waals surface area (Å²) in [5.41, 5.74) is 1.29. The second-order valence-electron chi connectivity index (χ2n) is 6.76. The highest BCUT2D eigenvalue weighted by Gasteiger charge is 2.33. The van der Waals surface area contributed by atoms with Gasteiger partial charge in [0.15, 0.2) is 4.80 Å². The standard InChI is InChI=1S/C23H20N2O5S/c1-4-11-30-22(27)19-14(2)24-23-25(20(19)15-7-9-16(28-3)10-8-15)21(26)18(31-23)13-17-6-5-12-29-17/h4-10,12-13,20H,1,11H2,2-3H3. The molecule has 4 rings (SSSR count). The van der Waals surface area contributed by atoms with Gasteiger partial charge in [-0.05, 0) is 36.8 Å². The molecule has 1 aliphatic rings. The Bertz CT molecular complexity index is 1330. The molecule has 0 spiro atoms. The van der Waals surface area contributed by atoms with Crippen LogP contribution in [0.3, 0.4) is 0 Å². The van der Waals surface area contributed by atoms with Crippen LogP contribution < -0.4 is 19.6 Å². The van der Waals surface area contributed by atoms with Gasteiger partial charge in [-0.25, -0.2) is 9.79 Å². The highest BCUT2D eigenvalue weighted by molar-refractivity contribution is 7.07. The maximum absolute atomic E-state index is 13.4. The third kappa shape index (κ3) is 3.89. The number of fused-ring (bicyclic) bond motifs is 1. The zero-order valence-electron chi connectivity index (χ0n) is 17.0. The molecular formula is C23H20N2O5S. The van der Waals surface area contributed by atoms with Crippen LogP contribution in [-0.4, -0.2) is 24.3 Å². The number of benzene rings is 1. The van der Waals surface area contributed by atoms with Gasteiger partial charge in [0.25, 0.3) is 5.56 Å². The van der Waals surface area contributed by atoms with Crippen LogP contribution in [0.15, 0.2) is 80.8 Å². The number of thiazole rings is 1. The van der Waals surface area contributed by atoms with E-state index in [9.17, 15) is 9.59 Å². The first-order valence-corrected chi connectivity index (χ1v) is 10.3. The molecule has 31 heavy (non-hydrogen) atoms. The lowest BCUT2D eigenvalue weighted by Crippen LogP contribution is -2.39. The summed E-state index contributed by atoms with van der Waals surface area (Å²) in [6.07, 6.45) is 4.71. The van der Waals surface area contributed by atoms with Crippen LogP contribution in [0.1, 0.15) is 24.3 Å². The number of esters is 1. The molecule has 158 valence electrons. The maximum atomic E-state index is 13.4. The molecule has 0 aliphatic carbocycles. The lowest BCUT2D eigenvalue weighted by Gasteiger charge is -2.24. The molecule has 0 saturated heterocycles. The van der Waals surface area contributed by atoms with Crippen LogP contribution in [0.5, 0.6) is 5.75 Å².